The first-order valence-electron chi connectivity index (χ1n) is 9.63. The lowest BCUT2D eigenvalue weighted by molar-refractivity contribution is -0.0799. The molecule has 3 aromatic rings. The van der Waals surface area contributed by atoms with E-state index in [0.717, 1.165) is 16.1 Å². The van der Waals surface area contributed by atoms with Crippen LogP contribution in [-0.4, -0.2) is 34.6 Å². The van der Waals surface area contributed by atoms with Crippen LogP contribution in [0.25, 0.3) is 0 Å². The van der Waals surface area contributed by atoms with Crippen LogP contribution in [0.2, 0.25) is 0 Å². The normalized spacial score (nSPS) is 14.5. The van der Waals surface area contributed by atoms with E-state index in [1.54, 1.807) is 29.2 Å². The van der Waals surface area contributed by atoms with E-state index in [9.17, 15) is 9.90 Å². The third-order valence-corrected chi connectivity index (χ3v) is 5.88. The highest BCUT2D eigenvalue weighted by molar-refractivity contribution is 8.00. The van der Waals surface area contributed by atoms with Gasteiger partial charge >= 0.3 is 0 Å². The number of hydrogen-bond acceptors (Lipinski definition) is 5. The lowest BCUT2D eigenvalue weighted by atomic mass is 9.86. The molecule has 0 radical (unpaired) electrons. The number of nitrogens with one attached hydrogen (secondary N) is 1. The Bertz CT molecular complexity index is 1050. The molecule has 1 aliphatic rings. The van der Waals surface area contributed by atoms with Crippen molar-refractivity contribution in [3.8, 4) is 6.07 Å². The number of aliphatic hydroxyl groups is 1. The summed E-state index contributed by atoms with van der Waals surface area (Å²) >= 11 is 1.44. The largest absolute Gasteiger partial charge is 0.386 e. The van der Waals surface area contributed by atoms with Crippen LogP contribution < -0.4 is 4.72 Å². The molecule has 0 atom stereocenters. The predicted molar refractivity (Wildman–Crippen MR) is 118 cm³/mol. The van der Waals surface area contributed by atoms with Crippen molar-refractivity contribution < 1.29 is 9.90 Å². The molecular formula is C24H21N3O2S. The van der Waals surface area contributed by atoms with E-state index in [4.69, 9.17) is 5.26 Å². The number of likely N-dealkylation sites (tertiary alicyclic amines) is 1. The molecule has 5 nitrogen and oxygen atoms in total. The highest BCUT2D eigenvalue weighted by Gasteiger charge is 2.43. The van der Waals surface area contributed by atoms with Gasteiger partial charge in [-0.1, -0.05) is 30.3 Å². The van der Waals surface area contributed by atoms with Gasteiger partial charge in [-0.05, 0) is 66.0 Å². The van der Waals surface area contributed by atoms with E-state index >= 15 is 0 Å². The molecule has 0 spiro atoms. The number of carbonyl (C=O) groups is 1. The zero-order valence-electron chi connectivity index (χ0n) is 16.3. The maximum absolute atomic E-state index is 12.7. The second kappa shape index (κ2) is 8.62. The molecule has 0 aliphatic carbocycles. The fraction of sp³-hybridized carbons (Fsp3) is 0.167. The fourth-order valence-electron chi connectivity index (χ4n) is 3.47. The summed E-state index contributed by atoms with van der Waals surface area (Å²) in [7, 11) is 0. The van der Waals surface area contributed by atoms with Gasteiger partial charge in [-0.3, -0.25) is 4.79 Å². The quantitative estimate of drug-likeness (QED) is 0.593. The van der Waals surface area contributed by atoms with Crippen molar-refractivity contribution in [2.45, 2.75) is 16.9 Å². The molecule has 1 aliphatic heterocycles. The van der Waals surface area contributed by atoms with Crippen LogP contribution in [0.5, 0.6) is 0 Å². The average molecular weight is 416 g/mol. The Kier molecular flexibility index (Phi) is 5.75. The van der Waals surface area contributed by atoms with E-state index < -0.39 is 5.60 Å². The third kappa shape index (κ3) is 4.65. The van der Waals surface area contributed by atoms with Crippen molar-refractivity contribution in [2.75, 3.05) is 17.8 Å². The van der Waals surface area contributed by atoms with E-state index in [-0.39, 0.29) is 5.91 Å². The minimum atomic E-state index is -0.851. The predicted octanol–water partition coefficient (Wildman–Crippen LogP) is 4.11. The molecule has 0 unspecified atom stereocenters. The first-order valence-corrected chi connectivity index (χ1v) is 10.4. The second-order valence-corrected chi connectivity index (χ2v) is 8.35. The monoisotopic (exact) mass is 415 g/mol. The Morgan fingerprint density at radius 3 is 2.33 bits per heavy atom. The van der Waals surface area contributed by atoms with Gasteiger partial charge in [-0.15, -0.1) is 0 Å². The minimum absolute atomic E-state index is 0.0703. The van der Waals surface area contributed by atoms with Crippen molar-refractivity contribution in [3.05, 3.63) is 95.6 Å². The van der Waals surface area contributed by atoms with Crippen LogP contribution in [0.3, 0.4) is 0 Å². The number of amides is 1. The van der Waals surface area contributed by atoms with E-state index in [1.807, 2.05) is 54.6 Å². The molecule has 150 valence electrons. The number of nitriles is 1. The molecule has 6 heteroatoms. The molecule has 1 heterocycles. The van der Waals surface area contributed by atoms with Crippen molar-refractivity contribution in [3.63, 3.8) is 0 Å². The van der Waals surface area contributed by atoms with Gasteiger partial charge in [-0.2, -0.15) is 5.26 Å². The molecule has 30 heavy (non-hydrogen) atoms. The van der Waals surface area contributed by atoms with Crippen LogP contribution in [0.4, 0.5) is 5.69 Å². The first-order chi connectivity index (χ1) is 14.5. The van der Waals surface area contributed by atoms with Crippen molar-refractivity contribution in [1.29, 1.82) is 5.26 Å². The average Bonchev–Trinajstić information content (AvgIpc) is 2.77. The number of hydrogen-bond donors (Lipinski definition) is 2. The van der Waals surface area contributed by atoms with Crippen molar-refractivity contribution >= 4 is 23.5 Å². The molecule has 3 aromatic carbocycles. The van der Waals surface area contributed by atoms with Gasteiger partial charge in [0.25, 0.3) is 5.91 Å². The maximum Gasteiger partial charge on any atom is 0.254 e. The van der Waals surface area contributed by atoms with Gasteiger partial charge in [0.1, 0.15) is 5.60 Å². The molecule has 0 aromatic heterocycles. The molecule has 0 bridgehead atoms. The summed E-state index contributed by atoms with van der Waals surface area (Å²) in [5, 5.41) is 19.5. The lowest BCUT2D eigenvalue weighted by Crippen LogP contribution is -2.64. The lowest BCUT2D eigenvalue weighted by Gasteiger charge is -2.46. The molecule has 4 rings (SSSR count). The molecule has 1 amide bonds. The van der Waals surface area contributed by atoms with Crippen LogP contribution >= 0.6 is 11.9 Å². The summed E-state index contributed by atoms with van der Waals surface area (Å²) in [6, 6.07) is 26.6. The first kappa shape index (κ1) is 20.0. The third-order valence-electron chi connectivity index (χ3n) is 5.04. The number of rotatable bonds is 6. The van der Waals surface area contributed by atoms with Crippen LogP contribution in [0, 0.1) is 11.3 Å². The highest BCUT2D eigenvalue weighted by atomic mass is 32.2. The zero-order valence-corrected chi connectivity index (χ0v) is 17.1. The van der Waals surface area contributed by atoms with Gasteiger partial charge < -0.3 is 14.7 Å². The van der Waals surface area contributed by atoms with Crippen molar-refractivity contribution in [2.24, 2.45) is 0 Å². The topological polar surface area (TPSA) is 76.4 Å². The Hall–Kier alpha value is -3.27. The Balaban J connectivity index is 1.29. The standard InChI is InChI=1S/C24H21N3O2S/c25-15-19-6-12-22(13-7-19)30-26-21-10-8-20(9-11-21)23(28)27-16-24(29,17-27)14-18-4-2-1-3-5-18/h1-13,26,29H,14,16-17H2. The summed E-state index contributed by atoms with van der Waals surface area (Å²) in [5.41, 5.74) is 2.33. The summed E-state index contributed by atoms with van der Waals surface area (Å²) in [6.45, 7) is 0.685. The molecule has 1 fully saturated rings. The zero-order chi connectivity index (χ0) is 21.0. The highest BCUT2D eigenvalue weighted by Crippen LogP contribution is 2.28. The Labute approximate surface area is 180 Å². The number of anilines is 1. The summed E-state index contributed by atoms with van der Waals surface area (Å²) in [5.74, 6) is -0.0703. The number of benzene rings is 3. The second-order valence-electron chi connectivity index (χ2n) is 7.47. The molecule has 0 saturated carbocycles. The van der Waals surface area contributed by atoms with Gasteiger partial charge in [0.05, 0.1) is 24.7 Å². The van der Waals surface area contributed by atoms with Crippen LogP contribution in [-0.2, 0) is 6.42 Å². The summed E-state index contributed by atoms with van der Waals surface area (Å²) < 4.78 is 3.23. The van der Waals surface area contributed by atoms with E-state index in [1.165, 1.54) is 11.9 Å². The van der Waals surface area contributed by atoms with Crippen LogP contribution in [0.1, 0.15) is 21.5 Å². The van der Waals surface area contributed by atoms with Crippen molar-refractivity contribution in [1.82, 2.24) is 4.90 Å². The molecule has 1 saturated heterocycles. The maximum atomic E-state index is 12.7. The fourth-order valence-corrected chi connectivity index (χ4v) is 4.12. The van der Waals surface area contributed by atoms with E-state index in [2.05, 4.69) is 10.8 Å². The van der Waals surface area contributed by atoms with Gasteiger partial charge in [0, 0.05) is 22.6 Å². The van der Waals surface area contributed by atoms with Gasteiger partial charge in [-0.25, -0.2) is 0 Å². The van der Waals surface area contributed by atoms with Gasteiger partial charge in [0.2, 0.25) is 0 Å². The smallest absolute Gasteiger partial charge is 0.254 e. The number of nitrogens with zero attached hydrogens (tertiary/aromatic N) is 2. The van der Waals surface area contributed by atoms with Crippen LogP contribution in [0.15, 0.2) is 83.8 Å². The number of carbonyl (C=O) groups excluding carboxylic acids is 1. The summed E-state index contributed by atoms with van der Waals surface area (Å²) in [4.78, 5) is 15.4. The minimum Gasteiger partial charge on any atom is -0.386 e. The number of β-amino-alcohol motifs (C(OH)–C–C–N with tert-alkyl or cyclic N) is 1. The molecular weight excluding hydrogens is 394 g/mol. The van der Waals surface area contributed by atoms with E-state index in [0.29, 0.717) is 30.6 Å². The Morgan fingerprint density at radius 1 is 1.03 bits per heavy atom. The molecule has 2 N–H and O–H groups in total. The summed E-state index contributed by atoms with van der Waals surface area (Å²) in [6.07, 6.45) is 0.549. The SMILES string of the molecule is N#Cc1ccc(SNc2ccc(C(=O)N3CC(O)(Cc4ccccc4)C3)cc2)cc1. The van der Waals surface area contributed by atoms with Gasteiger partial charge in [0.15, 0.2) is 0 Å². The Morgan fingerprint density at radius 2 is 1.70 bits per heavy atom.